The van der Waals surface area contributed by atoms with Crippen LogP contribution < -0.4 is 5.73 Å². The van der Waals surface area contributed by atoms with Crippen LogP contribution in [0.2, 0.25) is 0 Å². The van der Waals surface area contributed by atoms with Crippen molar-refractivity contribution in [2.24, 2.45) is 5.73 Å². The Hall–Kier alpha value is -2.07. The van der Waals surface area contributed by atoms with Gasteiger partial charge in [-0.1, -0.05) is 18.7 Å². The largest absolute Gasteiger partial charge is 0.398 e. The standard InChI is InChI=1S/C17H18N2OS/c1-12(18)15-8-9-16(21-15)13-4-6-14(7-5-13)17(20)19-10-2-3-11-19/h4-9H,1-3,10-11,18H2. The third-order valence-corrected chi connectivity index (χ3v) is 4.94. The first kappa shape index (κ1) is 13.9. The summed E-state index contributed by atoms with van der Waals surface area (Å²) in [5, 5.41) is 0. The lowest BCUT2D eigenvalue weighted by molar-refractivity contribution is 0.0793. The molecule has 21 heavy (non-hydrogen) atoms. The van der Waals surface area contributed by atoms with E-state index in [1.807, 2.05) is 41.3 Å². The molecule has 4 heteroatoms. The van der Waals surface area contributed by atoms with Crippen LogP contribution in [0.4, 0.5) is 0 Å². The van der Waals surface area contributed by atoms with E-state index in [4.69, 9.17) is 5.73 Å². The minimum Gasteiger partial charge on any atom is -0.398 e. The molecule has 0 spiro atoms. The highest BCUT2D eigenvalue weighted by atomic mass is 32.1. The fourth-order valence-electron chi connectivity index (χ4n) is 2.55. The molecule has 1 aliphatic heterocycles. The van der Waals surface area contributed by atoms with Gasteiger partial charge in [0.25, 0.3) is 5.91 Å². The number of nitrogens with two attached hydrogens (primary N) is 1. The van der Waals surface area contributed by atoms with Crippen LogP contribution in [0.5, 0.6) is 0 Å². The molecule has 1 aromatic heterocycles. The van der Waals surface area contributed by atoms with Crippen molar-refractivity contribution in [1.29, 1.82) is 0 Å². The van der Waals surface area contributed by atoms with Crippen molar-refractivity contribution in [3.63, 3.8) is 0 Å². The summed E-state index contributed by atoms with van der Waals surface area (Å²) in [5.41, 5.74) is 8.16. The van der Waals surface area contributed by atoms with Crippen LogP contribution in [0.3, 0.4) is 0 Å². The molecule has 0 atom stereocenters. The predicted octanol–water partition coefficient (Wildman–Crippen LogP) is 3.58. The summed E-state index contributed by atoms with van der Waals surface area (Å²) in [7, 11) is 0. The van der Waals surface area contributed by atoms with Crippen molar-refractivity contribution >= 4 is 22.9 Å². The second-order valence-corrected chi connectivity index (χ2v) is 6.35. The molecule has 1 amide bonds. The number of hydrogen-bond donors (Lipinski definition) is 1. The molecule has 0 saturated carbocycles. The highest BCUT2D eigenvalue weighted by molar-refractivity contribution is 7.16. The lowest BCUT2D eigenvalue weighted by Gasteiger charge is -2.15. The molecule has 3 nitrogen and oxygen atoms in total. The van der Waals surface area contributed by atoms with Crippen LogP contribution in [0, 0.1) is 0 Å². The summed E-state index contributed by atoms with van der Waals surface area (Å²) in [5.74, 6) is 0.140. The molecule has 3 rings (SSSR count). The lowest BCUT2D eigenvalue weighted by Crippen LogP contribution is -2.27. The van der Waals surface area contributed by atoms with Gasteiger partial charge in [-0.25, -0.2) is 0 Å². The van der Waals surface area contributed by atoms with Crippen molar-refractivity contribution in [1.82, 2.24) is 4.90 Å². The molecule has 0 radical (unpaired) electrons. The summed E-state index contributed by atoms with van der Waals surface area (Å²) in [6.07, 6.45) is 2.23. The van der Waals surface area contributed by atoms with E-state index in [1.165, 1.54) is 0 Å². The number of carbonyl (C=O) groups is 1. The Morgan fingerprint density at radius 1 is 1.10 bits per heavy atom. The lowest BCUT2D eigenvalue weighted by atomic mass is 10.1. The van der Waals surface area contributed by atoms with Gasteiger partial charge in [0.05, 0.1) is 0 Å². The first-order valence-electron chi connectivity index (χ1n) is 7.09. The van der Waals surface area contributed by atoms with E-state index in [0.717, 1.165) is 46.8 Å². The van der Waals surface area contributed by atoms with E-state index < -0.39 is 0 Å². The van der Waals surface area contributed by atoms with Crippen LogP contribution in [-0.4, -0.2) is 23.9 Å². The van der Waals surface area contributed by atoms with Gasteiger partial charge in [-0.05, 0) is 42.7 Å². The Labute approximate surface area is 128 Å². The second kappa shape index (κ2) is 5.74. The molecule has 0 bridgehead atoms. The zero-order valence-electron chi connectivity index (χ0n) is 11.8. The summed E-state index contributed by atoms with van der Waals surface area (Å²) < 4.78 is 0. The minimum atomic E-state index is 0.140. The van der Waals surface area contributed by atoms with Crippen molar-refractivity contribution in [2.45, 2.75) is 12.8 Å². The number of amides is 1. The summed E-state index contributed by atoms with van der Waals surface area (Å²) in [4.78, 5) is 16.3. The fraction of sp³-hybridized carbons (Fsp3) is 0.235. The Morgan fingerprint density at radius 2 is 1.76 bits per heavy atom. The highest BCUT2D eigenvalue weighted by Crippen LogP contribution is 2.30. The van der Waals surface area contributed by atoms with Crippen molar-refractivity contribution < 1.29 is 4.79 Å². The molecule has 2 heterocycles. The minimum absolute atomic E-state index is 0.140. The van der Waals surface area contributed by atoms with Gasteiger partial charge in [0.15, 0.2) is 0 Å². The van der Waals surface area contributed by atoms with Gasteiger partial charge in [-0.15, -0.1) is 11.3 Å². The molecule has 2 aromatic rings. The zero-order valence-corrected chi connectivity index (χ0v) is 12.7. The van der Waals surface area contributed by atoms with Crippen LogP contribution in [-0.2, 0) is 0 Å². The predicted molar refractivity (Wildman–Crippen MR) is 88.1 cm³/mol. The number of carbonyl (C=O) groups excluding carboxylic acids is 1. The molecular formula is C17H18N2OS. The number of likely N-dealkylation sites (tertiary alicyclic amines) is 1. The van der Waals surface area contributed by atoms with E-state index in [2.05, 4.69) is 6.58 Å². The summed E-state index contributed by atoms with van der Waals surface area (Å²) >= 11 is 1.61. The smallest absolute Gasteiger partial charge is 0.253 e. The maximum absolute atomic E-state index is 12.3. The third kappa shape index (κ3) is 2.85. The van der Waals surface area contributed by atoms with Crippen molar-refractivity contribution in [3.05, 3.63) is 53.4 Å². The van der Waals surface area contributed by atoms with E-state index in [9.17, 15) is 4.79 Å². The van der Waals surface area contributed by atoms with Crippen molar-refractivity contribution in [2.75, 3.05) is 13.1 Å². The molecule has 1 fully saturated rings. The monoisotopic (exact) mass is 298 g/mol. The van der Waals surface area contributed by atoms with Gasteiger partial charge in [-0.2, -0.15) is 0 Å². The number of hydrogen-bond acceptors (Lipinski definition) is 3. The highest BCUT2D eigenvalue weighted by Gasteiger charge is 2.19. The summed E-state index contributed by atoms with van der Waals surface area (Å²) in [6.45, 7) is 5.52. The number of thiophene rings is 1. The van der Waals surface area contributed by atoms with Crippen LogP contribution in [0.15, 0.2) is 43.0 Å². The SMILES string of the molecule is C=C(N)c1ccc(-c2ccc(C(=O)N3CCCC3)cc2)s1. The Bertz CT molecular complexity index is 666. The molecule has 1 aliphatic rings. The Kier molecular flexibility index (Phi) is 3.80. The summed E-state index contributed by atoms with van der Waals surface area (Å²) in [6, 6.07) is 11.8. The maximum atomic E-state index is 12.3. The molecule has 2 N–H and O–H groups in total. The van der Waals surface area contributed by atoms with Gasteiger partial charge in [0.1, 0.15) is 0 Å². The van der Waals surface area contributed by atoms with Gasteiger partial charge in [-0.3, -0.25) is 4.79 Å². The molecule has 1 aromatic carbocycles. The first-order valence-corrected chi connectivity index (χ1v) is 7.91. The average Bonchev–Trinajstić information content (AvgIpc) is 3.18. The van der Waals surface area contributed by atoms with E-state index >= 15 is 0 Å². The fourth-order valence-corrected chi connectivity index (χ4v) is 3.44. The van der Waals surface area contributed by atoms with Gasteiger partial charge >= 0.3 is 0 Å². The van der Waals surface area contributed by atoms with Gasteiger partial charge in [0.2, 0.25) is 0 Å². The quantitative estimate of drug-likeness (QED) is 0.941. The maximum Gasteiger partial charge on any atom is 0.253 e. The van der Waals surface area contributed by atoms with Gasteiger partial charge < -0.3 is 10.6 Å². The second-order valence-electron chi connectivity index (χ2n) is 5.27. The molecular weight excluding hydrogens is 280 g/mol. The normalized spacial score (nSPS) is 14.4. The topological polar surface area (TPSA) is 46.3 Å². The first-order chi connectivity index (χ1) is 10.1. The Morgan fingerprint density at radius 3 is 2.33 bits per heavy atom. The van der Waals surface area contributed by atoms with E-state index in [1.54, 1.807) is 11.3 Å². The van der Waals surface area contributed by atoms with Gasteiger partial charge in [0, 0.05) is 34.1 Å². The number of benzene rings is 1. The third-order valence-electron chi connectivity index (χ3n) is 3.73. The zero-order chi connectivity index (χ0) is 14.8. The molecule has 0 unspecified atom stereocenters. The van der Waals surface area contributed by atoms with E-state index in [-0.39, 0.29) is 5.91 Å². The Balaban J connectivity index is 1.79. The number of nitrogens with zero attached hydrogens (tertiary/aromatic N) is 1. The average molecular weight is 298 g/mol. The van der Waals surface area contributed by atoms with Crippen LogP contribution >= 0.6 is 11.3 Å². The van der Waals surface area contributed by atoms with E-state index in [0.29, 0.717) is 5.70 Å². The number of rotatable bonds is 3. The van der Waals surface area contributed by atoms with Crippen molar-refractivity contribution in [3.8, 4) is 10.4 Å². The molecule has 1 saturated heterocycles. The van der Waals surface area contributed by atoms with Crippen LogP contribution in [0.25, 0.3) is 16.1 Å². The molecule has 0 aliphatic carbocycles. The molecule has 108 valence electrons. The van der Waals surface area contributed by atoms with Crippen LogP contribution in [0.1, 0.15) is 28.1 Å².